The lowest BCUT2D eigenvalue weighted by Crippen LogP contribution is -2.15. The van der Waals surface area contributed by atoms with Gasteiger partial charge in [-0.3, -0.25) is 8.72 Å². The third-order valence-electron chi connectivity index (χ3n) is 1.30. The maximum atomic E-state index is 11.2. The second kappa shape index (κ2) is 3.53. The van der Waals surface area contributed by atoms with Gasteiger partial charge in [0.15, 0.2) is 0 Å². The molecule has 0 radical (unpaired) electrons. The van der Waals surface area contributed by atoms with Gasteiger partial charge in [0.1, 0.15) is 0 Å². The normalized spacial score (nSPS) is 9.27. The molecule has 0 atom stereocenters. The molecule has 58 valence electrons. The first-order valence-electron chi connectivity index (χ1n) is 3.20. The van der Waals surface area contributed by atoms with E-state index in [2.05, 4.69) is 16.1 Å². The van der Waals surface area contributed by atoms with E-state index in [4.69, 9.17) is 0 Å². The average molecular weight is 214 g/mol. The molecule has 1 amide bonds. The van der Waals surface area contributed by atoms with Crippen molar-refractivity contribution in [1.82, 2.24) is 3.93 Å². The molecule has 0 spiro atoms. The fourth-order valence-electron chi connectivity index (χ4n) is 0.759. The molecule has 0 aliphatic rings. The van der Waals surface area contributed by atoms with Crippen molar-refractivity contribution in [2.75, 3.05) is 7.05 Å². The lowest BCUT2D eigenvalue weighted by atomic mass is 10.2. The highest BCUT2D eigenvalue weighted by molar-refractivity contribution is 9.07. The highest BCUT2D eigenvalue weighted by atomic mass is 79.9. The summed E-state index contributed by atoms with van der Waals surface area (Å²) in [5.41, 5.74) is 0.687. The number of carbonyl (C=O) groups is 1. The summed E-state index contributed by atoms with van der Waals surface area (Å²) in [6.45, 7) is 0. The van der Waals surface area contributed by atoms with Gasteiger partial charge in [0.25, 0.3) is 5.91 Å². The molecule has 11 heavy (non-hydrogen) atoms. The van der Waals surface area contributed by atoms with Crippen molar-refractivity contribution in [3.05, 3.63) is 35.9 Å². The van der Waals surface area contributed by atoms with E-state index in [1.165, 1.54) is 3.93 Å². The van der Waals surface area contributed by atoms with Crippen LogP contribution in [0.15, 0.2) is 30.3 Å². The fraction of sp³-hybridized carbons (Fsp3) is 0.125. The van der Waals surface area contributed by atoms with Crippen LogP contribution in [0.5, 0.6) is 0 Å². The van der Waals surface area contributed by atoms with Crippen molar-refractivity contribution >= 4 is 22.1 Å². The van der Waals surface area contributed by atoms with Crippen molar-refractivity contribution < 1.29 is 4.79 Å². The predicted octanol–water partition coefficient (Wildman–Crippen LogP) is 2.07. The summed E-state index contributed by atoms with van der Waals surface area (Å²) in [5, 5.41) is 0. The average Bonchev–Trinajstić information content (AvgIpc) is 2.05. The standard InChI is InChI=1S/C8H8BrNO/c1-10(9)8(11)7-5-3-2-4-6-7/h2-6H,1H3. The minimum absolute atomic E-state index is 0.0365. The van der Waals surface area contributed by atoms with Crippen LogP contribution in [0.25, 0.3) is 0 Å². The van der Waals surface area contributed by atoms with Gasteiger partial charge in [-0.2, -0.15) is 0 Å². The van der Waals surface area contributed by atoms with E-state index in [0.29, 0.717) is 5.56 Å². The molecule has 0 bridgehead atoms. The van der Waals surface area contributed by atoms with Crippen LogP contribution in [-0.4, -0.2) is 16.9 Å². The van der Waals surface area contributed by atoms with Crippen LogP contribution in [0.3, 0.4) is 0 Å². The predicted molar refractivity (Wildman–Crippen MR) is 47.5 cm³/mol. The molecule has 2 nitrogen and oxygen atoms in total. The highest BCUT2D eigenvalue weighted by Crippen LogP contribution is 2.05. The molecule has 3 heteroatoms. The van der Waals surface area contributed by atoms with Gasteiger partial charge in [-0.15, -0.1) is 0 Å². The van der Waals surface area contributed by atoms with Crippen molar-refractivity contribution in [3.63, 3.8) is 0 Å². The van der Waals surface area contributed by atoms with E-state index in [0.717, 1.165) is 0 Å². The molecule has 0 aromatic heterocycles. The van der Waals surface area contributed by atoms with E-state index in [1.807, 2.05) is 18.2 Å². The molecule has 0 aliphatic carbocycles. The van der Waals surface area contributed by atoms with E-state index >= 15 is 0 Å². The Bertz CT molecular complexity index is 246. The van der Waals surface area contributed by atoms with Gasteiger partial charge in [-0.05, 0) is 12.1 Å². The summed E-state index contributed by atoms with van der Waals surface area (Å²) in [7, 11) is 1.66. The molecule has 0 N–H and O–H groups in total. The van der Waals surface area contributed by atoms with E-state index in [9.17, 15) is 4.79 Å². The highest BCUT2D eigenvalue weighted by Gasteiger charge is 2.06. The summed E-state index contributed by atoms with van der Waals surface area (Å²) >= 11 is 3.06. The number of carbonyl (C=O) groups excluding carboxylic acids is 1. The third-order valence-corrected chi connectivity index (χ3v) is 1.62. The second-order valence-corrected chi connectivity index (χ2v) is 3.21. The van der Waals surface area contributed by atoms with E-state index in [-0.39, 0.29) is 5.91 Å². The Kier molecular flexibility index (Phi) is 2.65. The number of hydrogen-bond donors (Lipinski definition) is 0. The molecule has 0 unspecified atom stereocenters. The summed E-state index contributed by atoms with van der Waals surface area (Å²) in [5.74, 6) is -0.0365. The second-order valence-electron chi connectivity index (χ2n) is 2.15. The lowest BCUT2D eigenvalue weighted by Gasteiger charge is -2.06. The van der Waals surface area contributed by atoms with Gasteiger partial charge < -0.3 is 0 Å². The van der Waals surface area contributed by atoms with Crippen molar-refractivity contribution in [2.45, 2.75) is 0 Å². The monoisotopic (exact) mass is 213 g/mol. The van der Waals surface area contributed by atoms with Crippen LogP contribution < -0.4 is 0 Å². The van der Waals surface area contributed by atoms with Gasteiger partial charge in [0.2, 0.25) is 0 Å². The minimum atomic E-state index is -0.0365. The largest absolute Gasteiger partial charge is 0.278 e. The maximum absolute atomic E-state index is 11.2. The number of rotatable bonds is 1. The Morgan fingerprint density at radius 1 is 1.36 bits per heavy atom. The lowest BCUT2D eigenvalue weighted by molar-refractivity contribution is 0.0898. The molecule has 1 aromatic carbocycles. The summed E-state index contributed by atoms with van der Waals surface area (Å²) in [6.07, 6.45) is 0. The zero-order valence-corrected chi connectivity index (χ0v) is 7.71. The van der Waals surface area contributed by atoms with Gasteiger partial charge in [-0.25, -0.2) is 0 Å². The molecule has 1 aromatic rings. The number of benzene rings is 1. The third kappa shape index (κ3) is 2.05. The molecular formula is C8H8BrNO. The number of halogens is 1. The molecule has 0 saturated heterocycles. The fourth-order valence-corrected chi connectivity index (χ4v) is 0.963. The Hall–Kier alpha value is -0.830. The molecule has 1 rings (SSSR count). The van der Waals surface area contributed by atoms with Crippen molar-refractivity contribution in [3.8, 4) is 0 Å². The van der Waals surface area contributed by atoms with Gasteiger partial charge >= 0.3 is 0 Å². The minimum Gasteiger partial charge on any atom is -0.278 e. The summed E-state index contributed by atoms with van der Waals surface area (Å²) < 4.78 is 1.38. The number of nitrogens with zero attached hydrogens (tertiary/aromatic N) is 1. The Labute approximate surface area is 74.2 Å². The van der Waals surface area contributed by atoms with Crippen LogP contribution in [-0.2, 0) is 0 Å². The number of amides is 1. The first-order valence-corrected chi connectivity index (χ1v) is 3.91. The quantitative estimate of drug-likeness (QED) is 0.655. The Morgan fingerprint density at radius 3 is 2.36 bits per heavy atom. The zero-order chi connectivity index (χ0) is 8.27. The van der Waals surface area contributed by atoms with Crippen LogP contribution in [0, 0.1) is 0 Å². The van der Waals surface area contributed by atoms with Crippen LogP contribution in [0.4, 0.5) is 0 Å². The SMILES string of the molecule is CN(Br)C(=O)c1ccccc1. The first kappa shape index (κ1) is 8.27. The first-order chi connectivity index (χ1) is 5.22. The van der Waals surface area contributed by atoms with Crippen LogP contribution in [0.1, 0.15) is 10.4 Å². The molecule has 0 heterocycles. The molecular weight excluding hydrogens is 206 g/mol. The van der Waals surface area contributed by atoms with Gasteiger partial charge in [0, 0.05) is 12.6 Å². The van der Waals surface area contributed by atoms with Crippen molar-refractivity contribution in [2.24, 2.45) is 0 Å². The number of hydrogen-bond acceptors (Lipinski definition) is 1. The van der Waals surface area contributed by atoms with Crippen LogP contribution in [0.2, 0.25) is 0 Å². The Balaban J connectivity index is 2.86. The summed E-state index contributed by atoms with van der Waals surface area (Å²) in [6, 6.07) is 9.11. The van der Waals surface area contributed by atoms with E-state index in [1.54, 1.807) is 19.2 Å². The zero-order valence-electron chi connectivity index (χ0n) is 6.12. The van der Waals surface area contributed by atoms with Gasteiger partial charge in [0.05, 0.1) is 16.1 Å². The summed E-state index contributed by atoms with van der Waals surface area (Å²) in [4.78, 5) is 11.2. The molecule has 0 aliphatic heterocycles. The molecule has 0 fully saturated rings. The topological polar surface area (TPSA) is 20.3 Å². The Morgan fingerprint density at radius 2 is 1.91 bits per heavy atom. The van der Waals surface area contributed by atoms with Gasteiger partial charge in [-0.1, -0.05) is 18.2 Å². The molecule has 0 saturated carbocycles. The van der Waals surface area contributed by atoms with E-state index < -0.39 is 0 Å². The smallest absolute Gasteiger partial charge is 0.263 e. The van der Waals surface area contributed by atoms with Crippen LogP contribution >= 0.6 is 16.1 Å². The van der Waals surface area contributed by atoms with Crippen molar-refractivity contribution in [1.29, 1.82) is 0 Å². The maximum Gasteiger partial charge on any atom is 0.263 e.